The van der Waals surface area contributed by atoms with E-state index in [4.69, 9.17) is 9.73 Å². The Balaban J connectivity index is 1.47. The SMILES string of the molecule is CCNC(=NCC1CCCN(C(C)C)C1)NCCc1ccc2c(c1)CCO2. The Bertz CT molecular complexity index is 629. The average Bonchev–Trinajstić information content (AvgIpc) is 3.14. The maximum atomic E-state index is 5.59. The van der Waals surface area contributed by atoms with Gasteiger partial charge in [0.05, 0.1) is 6.61 Å². The predicted octanol–water partition coefficient (Wildman–Crippen LogP) is 2.84. The second kappa shape index (κ2) is 9.98. The first-order valence-corrected chi connectivity index (χ1v) is 10.7. The zero-order chi connectivity index (χ0) is 19.1. The number of likely N-dealkylation sites (tertiary alicyclic amines) is 1. The quantitative estimate of drug-likeness (QED) is 0.571. The molecule has 27 heavy (non-hydrogen) atoms. The van der Waals surface area contributed by atoms with Gasteiger partial charge >= 0.3 is 0 Å². The van der Waals surface area contributed by atoms with Gasteiger partial charge in [0.15, 0.2) is 5.96 Å². The molecule has 0 radical (unpaired) electrons. The first-order valence-electron chi connectivity index (χ1n) is 10.7. The summed E-state index contributed by atoms with van der Waals surface area (Å²) in [6.07, 6.45) is 4.63. The molecule has 2 aliphatic heterocycles. The molecule has 150 valence electrons. The minimum atomic E-state index is 0.640. The van der Waals surface area contributed by atoms with Crippen LogP contribution in [0.15, 0.2) is 23.2 Å². The van der Waals surface area contributed by atoms with Gasteiger partial charge in [-0.25, -0.2) is 0 Å². The number of piperidine rings is 1. The van der Waals surface area contributed by atoms with Crippen molar-refractivity contribution in [2.45, 2.75) is 52.5 Å². The third-order valence-corrected chi connectivity index (χ3v) is 5.59. The number of guanidine groups is 1. The smallest absolute Gasteiger partial charge is 0.191 e. The summed E-state index contributed by atoms with van der Waals surface area (Å²) in [7, 11) is 0. The molecule has 3 rings (SSSR count). The fourth-order valence-electron chi connectivity index (χ4n) is 4.00. The van der Waals surface area contributed by atoms with E-state index in [9.17, 15) is 0 Å². The summed E-state index contributed by atoms with van der Waals surface area (Å²) in [5.74, 6) is 2.68. The van der Waals surface area contributed by atoms with E-state index < -0.39 is 0 Å². The summed E-state index contributed by atoms with van der Waals surface area (Å²) in [6, 6.07) is 7.22. The standard InChI is InChI=1S/C22H36N4O/c1-4-23-22(25-15-19-6-5-12-26(16-19)17(2)3)24-11-9-18-7-8-21-20(14-18)10-13-27-21/h7-8,14,17,19H,4-6,9-13,15-16H2,1-3H3,(H2,23,24,25). The van der Waals surface area contributed by atoms with Crippen LogP contribution in [0.3, 0.4) is 0 Å². The number of rotatable bonds is 7. The molecule has 2 heterocycles. The van der Waals surface area contributed by atoms with Gasteiger partial charge < -0.3 is 20.3 Å². The minimum Gasteiger partial charge on any atom is -0.493 e. The number of fused-ring (bicyclic) bond motifs is 1. The molecule has 5 nitrogen and oxygen atoms in total. The van der Waals surface area contributed by atoms with Crippen molar-refractivity contribution in [1.82, 2.24) is 15.5 Å². The lowest BCUT2D eigenvalue weighted by atomic mass is 9.97. The van der Waals surface area contributed by atoms with Gasteiger partial charge in [-0.15, -0.1) is 0 Å². The van der Waals surface area contributed by atoms with Crippen molar-refractivity contribution in [3.63, 3.8) is 0 Å². The zero-order valence-electron chi connectivity index (χ0n) is 17.3. The molecule has 1 atom stereocenters. The maximum Gasteiger partial charge on any atom is 0.191 e. The Morgan fingerprint density at radius 2 is 2.22 bits per heavy atom. The van der Waals surface area contributed by atoms with Crippen LogP contribution < -0.4 is 15.4 Å². The summed E-state index contributed by atoms with van der Waals surface area (Å²) >= 11 is 0. The van der Waals surface area contributed by atoms with Crippen LogP contribution in [0.5, 0.6) is 5.75 Å². The highest BCUT2D eigenvalue weighted by Crippen LogP contribution is 2.25. The van der Waals surface area contributed by atoms with E-state index in [2.05, 4.69) is 54.5 Å². The molecule has 5 heteroatoms. The molecule has 1 unspecified atom stereocenters. The molecule has 0 aromatic heterocycles. The third-order valence-electron chi connectivity index (χ3n) is 5.59. The van der Waals surface area contributed by atoms with Crippen molar-refractivity contribution in [2.24, 2.45) is 10.9 Å². The van der Waals surface area contributed by atoms with E-state index in [1.807, 2.05) is 0 Å². The van der Waals surface area contributed by atoms with E-state index in [1.165, 1.54) is 37.1 Å². The molecular weight excluding hydrogens is 336 g/mol. The monoisotopic (exact) mass is 372 g/mol. The number of nitrogens with one attached hydrogen (secondary N) is 2. The molecule has 0 aliphatic carbocycles. The minimum absolute atomic E-state index is 0.640. The van der Waals surface area contributed by atoms with E-state index in [1.54, 1.807) is 0 Å². The highest BCUT2D eigenvalue weighted by atomic mass is 16.5. The van der Waals surface area contributed by atoms with Crippen molar-refractivity contribution in [2.75, 3.05) is 39.3 Å². The molecule has 0 saturated carbocycles. The fourth-order valence-corrected chi connectivity index (χ4v) is 4.00. The van der Waals surface area contributed by atoms with Crippen molar-refractivity contribution in [3.05, 3.63) is 29.3 Å². The van der Waals surface area contributed by atoms with Gasteiger partial charge in [0, 0.05) is 38.6 Å². The molecule has 1 aromatic carbocycles. The normalized spacial score (nSPS) is 20.4. The summed E-state index contributed by atoms with van der Waals surface area (Å²) in [4.78, 5) is 7.45. The lowest BCUT2D eigenvalue weighted by molar-refractivity contribution is 0.143. The highest BCUT2D eigenvalue weighted by Gasteiger charge is 2.21. The molecule has 0 spiro atoms. The molecule has 1 saturated heterocycles. The number of aliphatic imine (C=N–C) groups is 1. The number of hydrogen-bond donors (Lipinski definition) is 2. The van der Waals surface area contributed by atoms with Gasteiger partial charge in [0.1, 0.15) is 5.75 Å². The van der Waals surface area contributed by atoms with Crippen molar-refractivity contribution in [1.29, 1.82) is 0 Å². The summed E-state index contributed by atoms with van der Waals surface area (Å²) in [5.41, 5.74) is 2.71. The number of benzene rings is 1. The van der Waals surface area contributed by atoms with E-state index in [0.29, 0.717) is 12.0 Å². The molecule has 0 bridgehead atoms. The predicted molar refractivity (Wildman–Crippen MR) is 113 cm³/mol. The van der Waals surface area contributed by atoms with Crippen LogP contribution in [0.2, 0.25) is 0 Å². The fraction of sp³-hybridized carbons (Fsp3) is 0.682. The second-order valence-electron chi connectivity index (χ2n) is 8.03. The Kier molecular flexibility index (Phi) is 7.39. The van der Waals surface area contributed by atoms with Gasteiger partial charge in [0.2, 0.25) is 0 Å². The zero-order valence-corrected chi connectivity index (χ0v) is 17.3. The number of nitrogens with zero attached hydrogens (tertiary/aromatic N) is 2. The van der Waals surface area contributed by atoms with Gasteiger partial charge in [-0.2, -0.15) is 0 Å². The van der Waals surface area contributed by atoms with Crippen molar-refractivity contribution >= 4 is 5.96 Å². The number of hydrogen-bond acceptors (Lipinski definition) is 3. The average molecular weight is 373 g/mol. The maximum absolute atomic E-state index is 5.59. The van der Waals surface area contributed by atoms with E-state index >= 15 is 0 Å². The van der Waals surface area contributed by atoms with Crippen LogP contribution in [0, 0.1) is 5.92 Å². The lowest BCUT2D eigenvalue weighted by Gasteiger charge is -2.34. The summed E-state index contributed by atoms with van der Waals surface area (Å²) in [5, 5.41) is 6.89. The molecule has 2 N–H and O–H groups in total. The summed E-state index contributed by atoms with van der Waals surface area (Å²) in [6.45, 7) is 12.7. The first kappa shape index (κ1) is 20.0. The largest absolute Gasteiger partial charge is 0.493 e. The van der Waals surface area contributed by atoms with Crippen LogP contribution in [0.25, 0.3) is 0 Å². The first-order chi connectivity index (χ1) is 13.2. The highest BCUT2D eigenvalue weighted by molar-refractivity contribution is 5.79. The van der Waals surface area contributed by atoms with Gasteiger partial charge in [-0.1, -0.05) is 12.1 Å². The van der Waals surface area contributed by atoms with Gasteiger partial charge in [0.25, 0.3) is 0 Å². The van der Waals surface area contributed by atoms with Crippen LogP contribution in [0.1, 0.15) is 44.7 Å². The lowest BCUT2D eigenvalue weighted by Crippen LogP contribution is -2.42. The topological polar surface area (TPSA) is 48.9 Å². The third kappa shape index (κ3) is 5.86. The Morgan fingerprint density at radius 1 is 1.33 bits per heavy atom. The number of ether oxygens (including phenoxy) is 1. The van der Waals surface area contributed by atoms with E-state index in [-0.39, 0.29) is 0 Å². The summed E-state index contributed by atoms with van der Waals surface area (Å²) < 4.78 is 5.59. The van der Waals surface area contributed by atoms with Crippen molar-refractivity contribution in [3.8, 4) is 5.75 Å². The molecular formula is C22H36N4O. The van der Waals surface area contributed by atoms with Crippen molar-refractivity contribution < 1.29 is 4.74 Å². The molecule has 1 aromatic rings. The molecule has 2 aliphatic rings. The van der Waals surface area contributed by atoms with Crippen LogP contribution in [-0.2, 0) is 12.8 Å². The Hall–Kier alpha value is -1.75. The van der Waals surface area contributed by atoms with Gasteiger partial charge in [-0.05, 0) is 69.7 Å². The van der Waals surface area contributed by atoms with Crippen LogP contribution in [-0.4, -0.2) is 56.2 Å². The molecule has 0 amide bonds. The van der Waals surface area contributed by atoms with Gasteiger partial charge in [-0.3, -0.25) is 4.99 Å². The van der Waals surface area contributed by atoms with E-state index in [0.717, 1.165) is 50.8 Å². The Labute approximate surface area is 164 Å². The van der Waals surface area contributed by atoms with Crippen LogP contribution >= 0.6 is 0 Å². The van der Waals surface area contributed by atoms with Crippen LogP contribution in [0.4, 0.5) is 0 Å². The molecule has 1 fully saturated rings. The second-order valence-corrected chi connectivity index (χ2v) is 8.03. The Morgan fingerprint density at radius 3 is 3.04 bits per heavy atom.